The molecule has 4 heterocycles. The lowest BCUT2D eigenvalue weighted by Gasteiger charge is -2.27. The summed E-state index contributed by atoms with van der Waals surface area (Å²) in [5, 5.41) is 9.92. The number of aromatic nitrogens is 3. The second-order valence-corrected chi connectivity index (χ2v) is 8.56. The number of thiazole rings is 1. The van der Waals surface area contributed by atoms with Crippen molar-refractivity contribution in [3.8, 4) is 0 Å². The Balaban J connectivity index is 1.41. The Bertz CT molecular complexity index is 1300. The Morgan fingerprint density at radius 2 is 2.16 bits per heavy atom. The molecule has 162 valence electrons. The smallest absolute Gasteiger partial charge is 0.262 e. The first-order chi connectivity index (χ1) is 15.4. The average Bonchev–Trinajstić information content (AvgIpc) is 3.51. The maximum absolute atomic E-state index is 15.0. The molecule has 0 fully saturated rings. The Labute approximate surface area is 188 Å². The molecule has 3 aromatic rings. The fraction of sp³-hybridized carbons (Fsp3) is 0.174. The van der Waals surface area contributed by atoms with E-state index in [1.807, 2.05) is 61.2 Å². The summed E-state index contributed by atoms with van der Waals surface area (Å²) in [6.45, 7) is 1.86. The van der Waals surface area contributed by atoms with E-state index in [2.05, 4.69) is 15.4 Å². The van der Waals surface area contributed by atoms with Crippen LogP contribution in [0.15, 0.2) is 60.5 Å². The summed E-state index contributed by atoms with van der Waals surface area (Å²) >= 11 is 1.35. The summed E-state index contributed by atoms with van der Waals surface area (Å²) in [6.07, 6.45) is 11.7. The van der Waals surface area contributed by atoms with Gasteiger partial charge < -0.3 is 10.2 Å². The first-order valence-electron chi connectivity index (χ1n) is 10.0. The minimum atomic E-state index is -0.569. The first-order valence-corrected chi connectivity index (χ1v) is 10.9. The number of anilines is 1. The van der Waals surface area contributed by atoms with Crippen molar-refractivity contribution in [2.45, 2.75) is 13.1 Å². The molecule has 1 N–H and O–H groups in total. The van der Waals surface area contributed by atoms with E-state index in [1.54, 1.807) is 17.8 Å². The molecule has 1 unspecified atom stereocenters. The summed E-state index contributed by atoms with van der Waals surface area (Å²) in [6, 6.07) is 4.70. The van der Waals surface area contributed by atoms with Gasteiger partial charge in [0.05, 0.1) is 23.2 Å². The van der Waals surface area contributed by atoms with E-state index < -0.39 is 11.7 Å². The Morgan fingerprint density at radius 1 is 1.31 bits per heavy atom. The maximum atomic E-state index is 15.0. The number of halogens is 1. The van der Waals surface area contributed by atoms with E-state index in [-0.39, 0.29) is 11.7 Å². The maximum Gasteiger partial charge on any atom is 0.262 e. The third kappa shape index (κ3) is 3.50. The van der Waals surface area contributed by atoms with Crippen LogP contribution in [0.5, 0.6) is 0 Å². The van der Waals surface area contributed by atoms with Gasteiger partial charge in [0.15, 0.2) is 5.13 Å². The van der Waals surface area contributed by atoms with Crippen LogP contribution in [0.2, 0.25) is 0 Å². The van der Waals surface area contributed by atoms with Crippen molar-refractivity contribution < 1.29 is 9.18 Å². The van der Waals surface area contributed by atoms with Gasteiger partial charge in [-0.25, -0.2) is 9.37 Å². The summed E-state index contributed by atoms with van der Waals surface area (Å²) in [7, 11) is 3.48. The van der Waals surface area contributed by atoms with E-state index in [9.17, 15) is 4.79 Å². The highest BCUT2D eigenvalue weighted by molar-refractivity contribution is 7.14. The Hall–Kier alpha value is -3.72. The van der Waals surface area contributed by atoms with Crippen LogP contribution >= 0.6 is 11.3 Å². The zero-order valence-electron chi connectivity index (χ0n) is 17.8. The van der Waals surface area contributed by atoms with E-state index in [1.165, 1.54) is 28.4 Å². The second kappa shape index (κ2) is 7.76. The quantitative estimate of drug-likeness (QED) is 0.659. The SMILES string of the molecule is Cc1csc(N(C)C(=O)c2ccc(C3=CNC4C=CC(c5cnn(C)c5)=CN34)cc2F)n1. The minimum absolute atomic E-state index is 0.0114. The van der Waals surface area contributed by atoms with Gasteiger partial charge in [0.1, 0.15) is 12.0 Å². The third-order valence-electron chi connectivity index (χ3n) is 5.44. The monoisotopic (exact) mass is 448 g/mol. The molecule has 0 saturated carbocycles. The highest BCUT2D eigenvalue weighted by atomic mass is 32.1. The molecule has 0 aliphatic carbocycles. The standard InChI is InChI=1S/C23H21FN6OS/c1-14-13-32-23(27-14)29(3)22(31)18-6-4-15(8-19(18)24)20-10-25-21-7-5-16(12-30(20)21)17-9-26-28(2)11-17/h4-13,21,25H,1-3H3. The van der Waals surface area contributed by atoms with Gasteiger partial charge in [0, 0.05) is 54.8 Å². The van der Waals surface area contributed by atoms with E-state index in [4.69, 9.17) is 0 Å². The van der Waals surface area contributed by atoms with Crippen LogP contribution in [0.25, 0.3) is 11.3 Å². The molecule has 0 spiro atoms. The van der Waals surface area contributed by atoms with Crippen LogP contribution < -0.4 is 10.2 Å². The van der Waals surface area contributed by atoms with Gasteiger partial charge in [0.2, 0.25) is 0 Å². The van der Waals surface area contributed by atoms with Crippen molar-refractivity contribution in [2.75, 3.05) is 11.9 Å². The van der Waals surface area contributed by atoms with Crippen LogP contribution in [0, 0.1) is 12.7 Å². The number of aryl methyl sites for hydroxylation is 2. The number of nitrogens with zero attached hydrogens (tertiary/aromatic N) is 5. The molecule has 1 aromatic carbocycles. The van der Waals surface area contributed by atoms with Crippen molar-refractivity contribution in [3.63, 3.8) is 0 Å². The highest BCUT2D eigenvalue weighted by Gasteiger charge is 2.28. The normalized spacial score (nSPS) is 17.0. The Morgan fingerprint density at radius 3 is 2.84 bits per heavy atom. The summed E-state index contributed by atoms with van der Waals surface area (Å²) < 4.78 is 16.8. The number of fused-ring (bicyclic) bond motifs is 1. The number of amides is 1. The van der Waals surface area contributed by atoms with E-state index in [0.29, 0.717) is 10.7 Å². The molecule has 2 aliphatic heterocycles. The highest BCUT2D eigenvalue weighted by Crippen LogP contribution is 2.33. The molecule has 0 saturated heterocycles. The van der Waals surface area contributed by atoms with Crippen molar-refractivity contribution in [1.29, 1.82) is 0 Å². The number of hydrogen-bond acceptors (Lipinski definition) is 6. The number of carbonyl (C=O) groups excluding carboxylic acids is 1. The van der Waals surface area contributed by atoms with Crippen LogP contribution in [-0.4, -0.2) is 38.8 Å². The topological polar surface area (TPSA) is 66.3 Å². The van der Waals surface area contributed by atoms with Crippen LogP contribution in [0.3, 0.4) is 0 Å². The zero-order chi connectivity index (χ0) is 22.4. The van der Waals surface area contributed by atoms with Gasteiger partial charge in [-0.15, -0.1) is 11.3 Å². The molecular formula is C23H21FN6OS. The molecule has 2 aliphatic rings. The number of nitrogens with one attached hydrogen (secondary N) is 1. The second-order valence-electron chi connectivity index (χ2n) is 7.72. The summed E-state index contributed by atoms with van der Waals surface area (Å²) in [5.74, 6) is -1.000. The van der Waals surface area contributed by atoms with Crippen molar-refractivity contribution in [1.82, 2.24) is 25.0 Å². The molecule has 0 radical (unpaired) electrons. The number of hydrogen-bond donors (Lipinski definition) is 1. The molecule has 1 amide bonds. The summed E-state index contributed by atoms with van der Waals surface area (Å²) in [5.41, 5.74) is 4.35. The van der Waals surface area contributed by atoms with Crippen LogP contribution in [-0.2, 0) is 7.05 Å². The predicted molar refractivity (Wildman–Crippen MR) is 123 cm³/mol. The van der Waals surface area contributed by atoms with Gasteiger partial charge in [-0.05, 0) is 25.1 Å². The number of carbonyl (C=O) groups is 1. The van der Waals surface area contributed by atoms with Crippen molar-refractivity contribution in [2.24, 2.45) is 7.05 Å². The molecule has 32 heavy (non-hydrogen) atoms. The molecule has 5 rings (SSSR count). The molecule has 7 nitrogen and oxygen atoms in total. The number of allylic oxidation sites excluding steroid dienone is 2. The number of rotatable bonds is 4. The van der Waals surface area contributed by atoms with Crippen LogP contribution in [0.1, 0.15) is 27.2 Å². The van der Waals surface area contributed by atoms with Crippen molar-refractivity contribution in [3.05, 3.63) is 88.7 Å². The fourth-order valence-corrected chi connectivity index (χ4v) is 4.51. The average molecular weight is 449 g/mol. The number of benzene rings is 1. The fourth-order valence-electron chi connectivity index (χ4n) is 3.74. The van der Waals surface area contributed by atoms with Gasteiger partial charge in [-0.2, -0.15) is 5.10 Å². The molecule has 0 bridgehead atoms. The lowest BCUT2D eigenvalue weighted by atomic mass is 10.0. The summed E-state index contributed by atoms with van der Waals surface area (Å²) in [4.78, 5) is 20.6. The van der Waals surface area contributed by atoms with Gasteiger partial charge in [-0.3, -0.25) is 14.4 Å². The third-order valence-corrected chi connectivity index (χ3v) is 6.47. The largest absolute Gasteiger partial charge is 0.366 e. The lowest BCUT2D eigenvalue weighted by molar-refractivity contribution is 0.0989. The van der Waals surface area contributed by atoms with E-state index in [0.717, 1.165) is 22.5 Å². The van der Waals surface area contributed by atoms with Crippen LogP contribution in [0.4, 0.5) is 9.52 Å². The Kier molecular flexibility index (Phi) is 4.90. The first kappa shape index (κ1) is 20.2. The molecular weight excluding hydrogens is 427 g/mol. The zero-order valence-corrected chi connectivity index (χ0v) is 18.6. The predicted octanol–water partition coefficient (Wildman–Crippen LogP) is 3.74. The molecule has 9 heteroatoms. The van der Waals surface area contributed by atoms with E-state index >= 15 is 4.39 Å². The lowest BCUT2D eigenvalue weighted by Crippen LogP contribution is -2.32. The van der Waals surface area contributed by atoms with Gasteiger partial charge >= 0.3 is 0 Å². The minimum Gasteiger partial charge on any atom is -0.366 e. The molecule has 2 aromatic heterocycles. The van der Waals surface area contributed by atoms with Gasteiger partial charge in [0.25, 0.3) is 5.91 Å². The molecule has 1 atom stereocenters. The van der Waals surface area contributed by atoms with Gasteiger partial charge in [-0.1, -0.05) is 12.1 Å². The van der Waals surface area contributed by atoms with Crippen molar-refractivity contribution >= 4 is 33.6 Å².